The van der Waals surface area contributed by atoms with Crippen LogP contribution in [-0.4, -0.2) is 32.7 Å². The number of thioether (sulfide) groups is 1. The summed E-state index contributed by atoms with van der Waals surface area (Å²) in [6, 6.07) is 6.21. The second-order valence-corrected chi connectivity index (χ2v) is 9.12. The van der Waals surface area contributed by atoms with Gasteiger partial charge < -0.3 is 10.4 Å². The van der Waals surface area contributed by atoms with E-state index in [-0.39, 0.29) is 17.6 Å². The van der Waals surface area contributed by atoms with Gasteiger partial charge in [0, 0.05) is 0 Å². The number of nitrogens with zero attached hydrogens (tertiary/aromatic N) is 2. The van der Waals surface area contributed by atoms with Crippen molar-refractivity contribution in [2.45, 2.75) is 59.1 Å². The minimum atomic E-state index is -0.410. The number of aliphatic imine (C=N–C) groups is 1. The molecule has 166 valence electrons. The predicted molar refractivity (Wildman–Crippen MR) is 133 cm³/mol. The van der Waals surface area contributed by atoms with Gasteiger partial charge in [-0.25, -0.2) is 0 Å². The van der Waals surface area contributed by atoms with E-state index in [1.54, 1.807) is 23.7 Å². The number of aryl methyl sites for hydroxylation is 1. The minimum Gasteiger partial charge on any atom is -0.506 e. The Morgan fingerprint density at radius 1 is 1.35 bits per heavy atom. The zero-order valence-corrected chi connectivity index (χ0v) is 20.1. The number of aliphatic hydroxyl groups excluding tert-OH is 1. The molecule has 0 saturated heterocycles. The first kappa shape index (κ1) is 24.7. The molecule has 2 N–H and O–H groups in total. The Hall–Kier alpha value is -2.60. The van der Waals surface area contributed by atoms with Crippen LogP contribution in [0.1, 0.15) is 53.0 Å². The van der Waals surface area contributed by atoms with E-state index < -0.39 is 5.25 Å². The third-order valence-electron chi connectivity index (χ3n) is 5.38. The van der Waals surface area contributed by atoms with Crippen LogP contribution in [0.15, 0.2) is 59.0 Å². The van der Waals surface area contributed by atoms with E-state index >= 15 is 0 Å². The van der Waals surface area contributed by atoms with Gasteiger partial charge >= 0.3 is 5.17 Å². The van der Waals surface area contributed by atoms with Crippen molar-refractivity contribution in [3.05, 3.63) is 59.5 Å². The number of rotatable bonds is 9. The number of nitrogens with one attached hydrogen (secondary N) is 1. The molecule has 1 amide bonds. The molecule has 0 radical (unpaired) electrons. The van der Waals surface area contributed by atoms with Gasteiger partial charge in [-0.15, -0.1) is 0 Å². The predicted octanol–water partition coefficient (Wildman–Crippen LogP) is 6.17. The molecular weight excluding hydrogens is 406 g/mol. The van der Waals surface area contributed by atoms with E-state index in [0.29, 0.717) is 10.9 Å². The maximum Gasteiger partial charge on any atom is 0.365 e. The summed E-state index contributed by atoms with van der Waals surface area (Å²) in [4.78, 5) is 17.4. The van der Waals surface area contributed by atoms with Crippen LogP contribution in [0.4, 0.5) is 11.4 Å². The molecular formula is C25H34N3O2S+. The zero-order chi connectivity index (χ0) is 23.1. The molecule has 1 aliphatic heterocycles. The Labute approximate surface area is 190 Å². The summed E-state index contributed by atoms with van der Waals surface area (Å²) in [5, 5.41) is 13.5. The van der Waals surface area contributed by atoms with E-state index in [1.165, 1.54) is 17.3 Å². The molecule has 0 saturated carbocycles. The minimum absolute atomic E-state index is 0.0357. The average molecular weight is 441 g/mol. The number of hydrogen-bond acceptors (Lipinski definition) is 4. The summed E-state index contributed by atoms with van der Waals surface area (Å²) in [5.74, 6) is 0.110. The molecule has 5 nitrogen and oxygen atoms in total. The molecule has 1 heterocycles. The number of amides is 1. The van der Waals surface area contributed by atoms with Gasteiger partial charge in [0.15, 0.2) is 5.69 Å². The molecule has 0 spiro atoms. The number of allylic oxidation sites excluding steroid dienone is 4. The van der Waals surface area contributed by atoms with Crippen LogP contribution < -0.4 is 5.32 Å². The van der Waals surface area contributed by atoms with Gasteiger partial charge in [0.25, 0.3) is 0 Å². The lowest BCUT2D eigenvalue weighted by Crippen LogP contribution is -2.31. The molecule has 0 aromatic heterocycles. The summed E-state index contributed by atoms with van der Waals surface area (Å²) in [5.41, 5.74) is 4.42. The molecule has 0 bridgehead atoms. The van der Waals surface area contributed by atoms with Gasteiger partial charge in [-0.3, -0.25) is 4.79 Å². The second-order valence-electron chi connectivity index (χ2n) is 7.81. The Bertz CT molecular complexity index is 960. The van der Waals surface area contributed by atoms with Crippen LogP contribution in [0.5, 0.6) is 0 Å². The molecule has 2 unspecified atom stereocenters. The third-order valence-corrected chi connectivity index (χ3v) is 6.47. The van der Waals surface area contributed by atoms with E-state index in [4.69, 9.17) is 0 Å². The summed E-state index contributed by atoms with van der Waals surface area (Å²) < 4.78 is 1.77. The van der Waals surface area contributed by atoms with E-state index in [1.807, 2.05) is 13.0 Å². The highest BCUT2D eigenvalue weighted by Crippen LogP contribution is 2.37. The highest BCUT2D eigenvalue weighted by molar-refractivity contribution is 8.14. The first-order chi connectivity index (χ1) is 14.7. The van der Waals surface area contributed by atoms with Crippen LogP contribution >= 0.6 is 11.8 Å². The summed E-state index contributed by atoms with van der Waals surface area (Å²) >= 11 is 1.35. The zero-order valence-electron chi connectivity index (χ0n) is 19.2. The SMILES string of the molecule is C=CC(=CC(O)=C(C)NC(=O)C(C)SC1=Nc2cc(CCC)ccc2[N+]1=C)C(C)CC. The van der Waals surface area contributed by atoms with Gasteiger partial charge in [-0.05, 0) is 78.7 Å². The number of fused-ring (bicyclic) bond motifs is 1. The van der Waals surface area contributed by atoms with Gasteiger partial charge in [0.05, 0.1) is 17.7 Å². The Kier molecular flexibility index (Phi) is 8.87. The second kappa shape index (κ2) is 11.1. The molecule has 6 heteroatoms. The van der Waals surface area contributed by atoms with Crippen LogP contribution in [0.2, 0.25) is 0 Å². The van der Waals surface area contributed by atoms with Gasteiger partial charge in [-0.1, -0.05) is 45.9 Å². The number of hydrogen-bond donors (Lipinski definition) is 2. The average Bonchev–Trinajstić information content (AvgIpc) is 3.05. The van der Waals surface area contributed by atoms with Crippen LogP contribution in [0.3, 0.4) is 0 Å². The lowest BCUT2D eigenvalue weighted by atomic mass is 9.97. The lowest BCUT2D eigenvalue weighted by Gasteiger charge is -2.13. The van der Waals surface area contributed by atoms with E-state index in [2.05, 4.69) is 56.5 Å². The molecule has 1 aromatic rings. The van der Waals surface area contributed by atoms with Crippen LogP contribution in [0, 0.1) is 5.92 Å². The molecule has 2 rings (SSSR count). The van der Waals surface area contributed by atoms with Crippen LogP contribution in [-0.2, 0) is 11.2 Å². The van der Waals surface area contributed by atoms with Crippen molar-refractivity contribution in [1.29, 1.82) is 0 Å². The van der Waals surface area contributed by atoms with Crippen molar-refractivity contribution in [2.24, 2.45) is 10.9 Å². The quantitative estimate of drug-likeness (QED) is 0.274. The first-order valence-corrected chi connectivity index (χ1v) is 11.6. The fourth-order valence-corrected chi connectivity index (χ4v) is 4.01. The Balaban J connectivity index is 2.08. The molecule has 31 heavy (non-hydrogen) atoms. The number of carbonyl (C=O) groups is 1. The molecule has 2 atom stereocenters. The molecule has 1 aromatic carbocycles. The van der Waals surface area contributed by atoms with Crippen molar-refractivity contribution in [2.75, 3.05) is 0 Å². The number of benzene rings is 1. The molecule has 0 fully saturated rings. The standard InChI is InChI=1S/C25H33N3O2S/c1-8-11-19-12-13-22-21(14-19)27-25(28(22)7)31-18(6)24(30)26-17(5)23(29)15-20(10-3)16(4)9-2/h10,12-16,18H,3,7-9,11H2,1-2,4-6H3,(H-,26,29,30)/p+1. The van der Waals surface area contributed by atoms with Crippen molar-refractivity contribution in [3.8, 4) is 0 Å². The lowest BCUT2D eigenvalue weighted by molar-refractivity contribution is -0.281. The molecule has 0 aliphatic carbocycles. The van der Waals surface area contributed by atoms with E-state index in [0.717, 1.165) is 36.2 Å². The van der Waals surface area contributed by atoms with Gasteiger partial charge in [-0.2, -0.15) is 4.58 Å². The van der Waals surface area contributed by atoms with Crippen molar-refractivity contribution >= 4 is 40.9 Å². The Morgan fingerprint density at radius 2 is 2.06 bits per heavy atom. The van der Waals surface area contributed by atoms with Crippen molar-refractivity contribution < 1.29 is 14.5 Å². The fourth-order valence-electron chi connectivity index (χ4n) is 3.15. The first-order valence-electron chi connectivity index (χ1n) is 10.7. The largest absolute Gasteiger partial charge is 0.506 e. The molecule has 1 aliphatic rings. The highest BCUT2D eigenvalue weighted by Gasteiger charge is 2.32. The van der Waals surface area contributed by atoms with Gasteiger partial charge in [0.2, 0.25) is 11.6 Å². The van der Waals surface area contributed by atoms with Crippen molar-refractivity contribution in [3.63, 3.8) is 0 Å². The summed E-state index contributed by atoms with van der Waals surface area (Å²) in [6.07, 6.45) is 6.43. The summed E-state index contributed by atoms with van der Waals surface area (Å²) in [6.45, 7) is 17.7. The third kappa shape index (κ3) is 6.20. The van der Waals surface area contributed by atoms with Gasteiger partial charge in [0.1, 0.15) is 5.76 Å². The summed E-state index contributed by atoms with van der Waals surface area (Å²) in [7, 11) is 0. The maximum atomic E-state index is 12.7. The number of amidine groups is 1. The highest BCUT2D eigenvalue weighted by atomic mass is 32.2. The smallest absolute Gasteiger partial charge is 0.365 e. The Morgan fingerprint density at radius 3 is 2.68 bits per heavy atom. The maximum absolute atomic E-state index is 12.7. The van der Waals surface area contributed by atoms with Crippen molar-refractivity contribution in [1.82, 2.24) is 5.32 Å². The fraction of sp³-hybridized carbons (Fsp3) is 0.400. The number of carbonyl (C=O) groups excluding carboxylic acids is 1. The van der Waals surface area contributed by atoms with Crippen LogP contribution in [0.25, 0.3) is 0 Å². The monoisotopic (exact) mass is 440 g/mol. The topological polar surface area (TPSA) is 64.7 Å². The van der Waals surface area contributed by atoms with E-state index in [9.17, 15) is 9.90 Å². The number of aliphatic hydroxyl groups is 1. The normalized spacial score (nSPS) is 16.2.